The highest BCUT2D eigenvalue weighted by atomic mass is 32.1. The van der Waals surface area contributed by atoms with Gasteiger partial charge in [-0.2, -0.15) is 0 Å². The maximum atomic E-state index is 8.65. The summed E-state index contributed by atoms with van der Waals surface area (Å²) in [6, 6.07) is 0.609. The van der Waals surface area contributed by atoms with Crippen molar-refractivity contribution < 1.29 is 5.11 Å². The van der Waals surface area contributed by atoms with E-state index in [1.807, 2.05) is 0 Å². The fraction of sp³-hybridized carbons (Fsp3) is 0.909. The lowest BCUT2D eigenvalue weighted by Gasteiger charge is -2.24. The third kappa shape index (κ3) is 2.82. The van der Waals surface area contributed by atoms with Gasteiger partial charge in [0.15, 0.2) is 5.11 Å². The van der Waals surface area contributed by atoms with E-state index in [0.29, 0.717) is 6.04 Å². The molecule has 2 fully saturated rings. The standard InChI is InChI=1S/C11H20N2OS/c14-5-1-4-12-11(15)13-10-7-8-2-3-9(10)6-8/h8-10,14H,1-7H2,(H2,12,13,15)/t8-,9-,10-/m1/s1. The normalized spacial score (nSPS) is 33.0. The predicted molar refractivity (Wildman–Crippen MR) is 64.7 cm³/mol. The average molecular weight is 228 g/mol. The van der Waals surface area contributed by atoms with Crippen LogP contribution in [-0.2, 0) is 0 Å². The van der Waals surface area contributed by atoms with Crippen LogP contribution in [0.3, 0.4) is 0 Å². The molecule has 3 nitrogen and oxygen atoms in total. The van der Waals surface area contributed by atoms with Crippen LogP contribution < -0.4 is 10.6 Å². The summed E-state index contributed by atoms with van der Waals surface area (Å²) >= 11 is 5.22. The molecule has 0 aromatic carbocycles. The molecule has 4 heteroatoms. The molecule has 0 aromatic rings. The van der Waals surface area contributed by atoms with Crippen LogP contribution >= 0.6 is 12.2 Å². The minimum atomic E-state index is 0.226. The Morgan fingerprint density at radius 3 is 2.80 bits per heavy atom. The van der Waals surface area contributed by atoms with Gasteiger partial charge in [-0.3, -0.25) is 0 Å². The van der Waals surface area contributed by atoms with Crippen LogP contribution in [0, 0.1) is 11.8 Å². The monoisotopic (exact) mass is 228 g/mol. The molecular weight excluding hydrogens is 208 g/mol. The molecule has 0 unspecified atom stereocenters. The van der Waals surface area contributed by atoms with Gasteiger partial charge in [-0.1, -0.05) is 6.42 Å². The minimum Gasteiger partial charge on any atom is -0.396 e. The molecule has 15 heavy (non-hydrogen) atoms. The summed E-state index contributed by atoms with van der Waals surface area (Å²) in [5, 5.41) is 15.9. The quantitative estimate of drug-likeness (QED) is 0.496. The summed E-state index contributed by atoms with van der Waals surface area (Å²) in [4.78, 5) is 0. The first-order valence-electron chi connectivity index (χ1n) is 5.95. The zero-order valence-electron chi connectivity index (χ0n) is 9.04. The lowest BCUT2D eigenvalue weighted by atomic mass is 9.96. The molecule has 3 N–H and O–H groups in total. The van der Waals surface area contributed by atoms with Gasteiger partial charge in [-0.25, -0.2) is 0 Å². The van der Waals surface area contributed by atoms with Crippen LogP contribution in [0.15, 0.2) is 0 Å². The van der Waals surface area contributed by atoms with Crippen molar-refractivity contribution >= 4 is 17.3 Å². The lowest BCUT2D eigenvalue weighted by Crippen LogP contribution is -2.44. The van der Waals surface area contributed by atoms with Crippen molar-refractivity contribution in [3.8, 4) is 0 Å². The second-order valence-corrected chi connectivity index (χ2v) is 5.17. The molecule has 0 aromatic heterocycles. The summed E-state index contributed by atoms with van der Waals surface area (Å²) in [6.45, 7) is 0.993. The SMILES string of the molecule is OCCCNC(=S)N[C@@H]1C[C@@H]2CC[C@@H]1C2. The number of rotatable bonds is 4. The highest BCUT2D eigenvalue weighted by Crippen LogP contribution is 2.44. The largest absolute Gasteiger partial charge is 0.396 e. The molecule has 0 radical (unpaired) electrons. The van der Waals surface area contributed by atoms with Gasteiger partial charge in [-0.05, 0) is 49.7 Å². The molecule has 2 aliphatic rings. The van der Waals surface area contributed by atoms with Gasteiger partial charge in [0.05, 0.1) is 0 Å². The van der Waals surface area contributed by atoms with Crippen LogP contribution in [-0.4, -0.2) is 29.4 Å². The number of thiocarbonyl (C=S) groups is 1. The minimum absolute atomic E-state index is 0.226. The number of fused-ring (bicyclic) bond motifs is 2. The molecule has 0 spiro atoms. The number of hydrogen-bond donors (Lipinski definition) is 3. The molecule has 2 bridgehead atoms. The van der Waals surface area contributed by atoms with E-state index < -0.39 is 0 Å². The van der Waals surface area contributed by atoms with Crippen molar-refractivity contribution in [1.82, 2.24) is 10.6 Å². The number of nitrogens with one attached hydrogen (secondary N) is 2. The third-order valence-electron chi connectivity index (χ3n) is 3.68. The first-order chi connectivity index (χ1) is 7.29. The Kier molecular flexibility index (Phi) is 3.81. The second-order valence-electron chi connectivity index (χ2n) is 4.76. The van der Waals surface area contributed by atoms with Gasteiger partial charge in [-0.15, -0.1) is 0 Å². The van der Waals surface area contributed by atoms with E-state index in [-0.39, 0.29) is 6.61 Å². The van der Waals surface area contributed by atoms with Gasteiger partial charge in [0, 0.05) is 19.2 Å². The average Bonchev–Trinajstić information content (AvgIpc) is 2.79. The number of hydrogen-bond acceptors (Lipinski definition) is 2. The van der Waals surface area contributed by atoms with Gasteiger partial charge in [0.25, 0.3) is 0 Å². The Hall–Kier alpha value is -0.350. The summed E-state index contributed by atoms with van der Waals surface area (Å²) in [7, 11) is 0. The van der Waals surface area contributed by atoms with Crippen LogP contribution in [0.4, 0.5) is 0 Å². The van der Waals surface area contributed by atoms with Crippen LogP contribution in [0.25, 0.3) is 0 Å². The van der Waals surface area contributed by atoms with Gasteiger partial charge < -0.3 is 15.7 Å². The zero-order valence-corrected chi connectivity index (χ0v) is 9.85. The van der Waals surface area contributed by atoms with Crippen molar-refractivity contribution in [3.05, 3.63) is 0 Å². The Morgan fingerprint density at radius 2 is 2.20 bits per heavy atom. The molecule has 0 aliphatic heterocycles. The van der Waals surface area contributed by atoms with Crippen LogP contribution in [0.5, 0.6) is 0 Å². The van der Waals surface area contributed by atoms with Crippen LogP contribution in [0.1, 0.15) is 32.1 Å². The summed E-state index contributed by atoms with van der Waals surface area (Å²) in [5.74, 6) is 1.81. The maximum absolute atomic E-state index is 8.65. The molecule has 86 valence electrons. The highest BCUT2D eigenvalue weighted by molar-refractivity contribution is 7.80. The zero-order chi connectivity index (χ0) is 10.7. The Bertz CT molecular complexity index is 235. The third-order valence-corrected chi connectivity index (χ3v) is 3.94. The summed E-state index contributed by atoms with van der Waals surface area (Å²) in [5.41, 5.74) is 0. The van der Waals surface area contributed by atoms with Crippen molar-refractivity contribution in [2.24, 2.45) is 11.8 Å². The molecule has 0 saturated heterocycles. The van der Waals surface area contributed by atoms with Crippen molar-refractivity contribution in [2.45, 2.75) is 38.1 Å². The van der Waals surface area contributed by atoms with E-state index >= 15 is 0 Å². The number of aliphatic hydroxyl groups is 1. The van der Waals surface area contributed by atoms with Gasteiger partial charge in [0.1, 0.15) is 0 Å². The summed E-state index contributed by atoms with van der Waals surface area (Å²) in [6.07, 6.45) is 6.26. The van der Waals surface area contributed by atoms with Gasteiger partial charge in [0.2, 0.25) is 0 Å². The molecule has 2 rings (SSSR count). The lowest BCUT2D eigenvalue weighted by molar-refractivity contribution is 0.289. The molecule has 0 heterocycles. The van der Waals surface area contributed by atoms with E-state index in [1.54, 1.807) is 0 Å². The highest BCUT2D eigenvalue weighted by Gasteiger charge is 2.39. The van der Waals surface area contributed by atoms with Crippen LogP contribution in [0.2, 0.25) is 0 Å². The van der Waals surface area contributed by atoms with E-state index in [2.05, 4.69) is 10.6 Å². The number of aliphatic hydroxyl groups excluding tert-OH is 1. The fourth-order valence-electron chi connectivity index (χ4n) is 2.92. The molecule has 0 amide bonds. The molecular formula is C11H20N2OS. The molecule has 3 atom stereocenters. The second kappa shape index (κ2) is 5.12. The van der Waals surface area contributed by atoms with Crippen molar-refractivity contribution in [2.75, 3.05) is 13.2 Å². The van der Waals surface area contributed by atoms with Crippen molar-refractivity contribution in [3.63, 3.8) is 0 Å². The Morgan fingerprint density at radius 1 is 1.33 bits per heavy atom. The Labute approximate surface area is 96.6 Å². The van der Waals surface area contributed by atoms with E-state index in [1.165, 1.54) is 25.7 Å². The molecule has 2 aliphatic carbocycles. The smallest absolute Gasteiger partial charge is 0.166 e. The first kappa shape index (κ1) is 11.1. The maximum Gasteiger partial charge on any atom is 0.166 e. The van der Waals surface area contributed by atoms with E-state index in [9.17, 15) is 0 Å². The van der Waals surface area contributed by atoms with E-state index in [0.717, 1.165) is 29.9 Å². The Balaban J connectivity index is 1.66. The summed E-state index contributed by atoms with van der Waals surface area (Å²) < 4.78 is 0. The fourth-order valence-corrected chi connectivity index (χ4v) is 3.18. The van der Waals surface area contributed by atoms with Crippen molar-refractivity contribution in [1.29, 1.82) is 0 Å². The topological polar surface area (TPSA) is 44.3 Å². The van der Waals surface area contributed by atoms with E-state index in [4.69, 9.17) is 17.3 Å². The predicted octanol–water partition coefficient (Wildman–Crippen LogP) is 1.02. The van der Waals surface area contributed by atoms with Gasteiger partial charge >= 0.3 is 0 Å². The molecule has 2 saturated carbocycles. The first-order valence-corrected chi connectivity index (χ1v) is 6.35.